The molecule has 0 bridgehead atoms. The van der Waals surface area contributed by atoms with Crippen molar-refractivity contribution in [2.45, 2.75) is 25.4 Å². The van der Waals surface area contributed by atoms with Gasteiger partial charge in [0.05, 0.1) is 0 Å². The lowest BCUT2D eigenvalue weighted by Gasteiger charge is -2.24. The third-order valence-electron chi connectivity index (χ3n) is 3.01. The monoisotopic (exact) mass is 265 g/mol. The average Bonchev–Trinajstić information content (AvgIpc) is 2.75. The van der Waals surface area contributed by atoms with Crippen molar-refractivity contribution < 1.29 is 4.74 Å². The molecule has 0 spiro atoms. The number of aromatic nitrogens is 1. The Morgan fingerprint density at radius 2 is 2.24 bits per heavy atom. The summed E-state index contributed by atoms with van der Waals surface area (Å²) < 4.78 is 5.93. The largest absolute Gasteiger partial charge is 0.462 e. The van der Waals surface area contributed by atoms with Crippen LogP contribution in [0.15, 0.2) is 29.6 Å². The lowest BCUT2D eigenvalue weighted by atomic mass is 9.89. The third-order valence-corrected chi connectivity index (χ3v) is 4.07. The number of hydrogen-bond donors (Lipinski definition) is 0. The Morgan fingerprint density at radius 1 is 1.35 bits per heavy atom. The fraction of sp³-hybridized carbons (Fsp3) is 0.308. The van der Waals surface area contributed by atoms with Gasteiger partial charge >= 0.3 is 0 Å². The number of halogens is 1. The van der Waals surface area contributed by atoms with E-state index in [1.54, 1.807) is 5.38 Å². The molecular weight excluding hydrogens is 254 g/mol. The van der Waals surface area contributed by atoms with Crippen LogP contribution in [0.2, 0.25) is 5.15 Å². The number of nitrogens with zero attached hydrogens (tertiary/aromatic N) is 1. The molecule has 1 aliphatic carbocycles. The van der Waals surface area contributed by atoms with Gasteiger partial charge in [-0.25, -0.2) is 0 Å². The van der Waals surface area contributed by atoms with Crippen molar-refractivity contribution in [3.05, 3.63) is 45.9 Å². The van der Waals surface area contributed by atoms with E-state index in [1.165, 1.54) is 28.9 Å². The van der Waals surface area contributed by atoms with Gasteiger partial charge in [0.15, 0.2) is 0 Å². The van der Waals surface area contributed by atoms with Gasteiger partial charge in [0, 0.05) is 5.38 Å². The second-order valence-electron chi connectivity index (χ2n) is 4.13. The Balaban J connectivity index is 1.85. The Morgan fingerprint density at radius 3 is 3.06 bits per heavy atom. The normalized spacial score (nSPS) is 18.8. The van der Waals surface area contributed by atoms with Crippen molar-refractivity contribution >= 4 is 22.9 Å². The van der Waals surface area contributed by atoms with Crippen LogP contribution in [0.5, 0.6) is 5.19 Å². The quantitative estimate of drug-likeness (QED) is 0.810. The van der Waals surface area contributed by atoms with Gasteiger partial charge in [-0.3, -0.25) is 0 Å². The van der Waals surface area contributed by atoms with Gasteiger partial charge in [-0.2, -0.15) is 4.98 Å². The molecule has 4 heteroatoms. The maximum atomic E-state index is 5.93. The molecule has 17 heavy (non-hydrogen) atoms. The van der Waals surface area contributed by atoms with E-state index in [2.05, 4.69) is 29.2 Å². The highest BCUT2D eigenvalue weighted by molar-refractivity contribution is 7.11. The third kappa shape index (κ3) is 2.31. The average molecular weight is 266 g/mol. The topological polar surface area (TPSA) is 22.1 Å². The Labute approximate surface area is 109 Å². The fourth-order valence-corrected chi connectivity index (χ4v) is 3.08. The molecule has 0 radical (unpaired) electrons. The van der Waals surface area contributed by atoms with Crippen LogP contribution in [0.4, 0.5) is 0 Å². The molecule has 0 saturated carbocycles. The zero-order valence-corrected chi connectivity index (χ0v) is 10.8. The summed E-state index contributed by atoms with van der Waals surface area (Å²) in [4.78, 5) is 4.14. The molecule has 2 nitrogen and oxygen atoms in total. The van der Waals surface area contributed by atoms with E-state index >= 15 is 0 Å². The molecule has 0 aliphatic heterocycles. The lowest BCUT2D eigenvalue weighted by molar-refractivity contribution is 0.182. The summed E-state index contributed by atoms with van der Waals surface area (Å²) in [5.74, 6) is 0. The number of hydrogen-bond acceptors (Lipinski definition) is 3. The summed E-state index contributed by atoms with van der Waals surface area (Å²) >= 11 is 7.25. The standard InChI is InChI=1S/C13H12ClNOS/c14-12-8-17-13(15-12)16-11-7-3-5-9-4-1-2-6-10(9)11/h1-2,4,6,8,11H,3,5,7H2. The van der Waals surface area contributed by atoms with E-state index in [9.17, 15) is 0 Å². The SMILES string of the molecule is Clc1csc(OC2CCCc3ccccc32)n1. The summed E-state index contributed by atoms with van der Waals surface area (Å²) in [6.45, 7) is 0. The number of thiazole rings is 1. The maximum absolute atomic E-state index is 5.93. The van der Waals surface area contributed by atoms with Crippen LogP contribution in [-0.4, -0.2) is 4.98 Å². The number of rotatable bonds is 2. The minimum Gasteiger partial charge on any atom is -0.462 e. The maximum Gasteiger partial charge on any atom is 0.275 e. The van der Waals surface area contributed by atoms with Crippen LogP contribution >= 0.6 is 22.9 Å². The van der Waals surface area contributed by atoms with E-state index < -0.39 is 0 Å². The molecule has 1 heterocycles. The van der Waals surface area contributed by atoms with Crippen LogP contribution in [0.1, 0.15) is 30.1 Å². The highest BCUT2D eigenvalue weighted by atomic mass is 35.5. The summed E-state index contributed by atoms with van der Waals surface area (Å²) in [6, 6.07) is 8.48. The van der Waals surface area contributed by atoms with Gasteiger partial charge in [0.2, 0.25) is 0 Å². The summed E-state index contributed by atoms with van der Waals surface area (Å²) in [5, 5.41) is 2.97. The first kappa shape index (κ1) is 11.1. The fourth-order valence-electron chi connectivity index (χ4n) is 2.25. The van der Waals surface area contributed by atoms with E-state index in [1.807, 2.05) is 0 Å². The molecule has 0 amide bonds. The zero-order valence-electron chi connectivity index (χ0n) is 9.23. The van der Waals surface area contributed by atoms with Crippen LogP contribution in [0.25, 0.3) is 0 Å². The zero-order chi connectivity index (χ0) is 11.7. The molecule has 0 saturated heterocycles. The highest BCUT2D eigenvalue weighted by Gasteiger charge is 2.22. The van der Waals surface area contributed by atoms with Gasteiger partial charge in [0.1, 0.15) is 11.3 Å². The second kappa shape index (κ2) is 4.67. The summed E-state index contributed by atoms with van der Waals surface area (Å²) in [5.41, 5.74) is 2.69. The number of fused-ring (bicyclic) bond motifs is 1. The molecule has 3 rings (SSSR count). The van der Waals surface area contributed by atoms with Crippen molar-refractivity contribution in [2.75, 3.05) is 0 Å². The minimum absolute atomic E-state index is 0.127. The number of ether oxygens (including phenoxy) is 1. The van der Waals surface area contributed by atoms with E-state index in [-0.39, 0.29) is 6.10 Å². The predicted molar refractivity (Wildman–Crippen MR) is 69.9 cm³/mol. The van der Waals surface area contributed by atoms with Crippen molar-refractivity contribution in [1.82, 2.24) is 4.98 Å². The lowest BCUT2D eigenvalue weighted by Crippen LogP contribution is -2.14. The van der Waals surface area contributed by atoms with Gasteiger partial charge in [-0.05, 0) is 30.4 Å². The highest BCUT2D eigenvalue weighted by Crippen LogP contribution is 2.34. The predicted octanol–water partition coefficient (Wildman–Crippen LogP) is 4.25. The van der Waals surface area contributed by atoms with Gasteiger partial charge < -0.3 is 4.74 Å². The first-order valence-electron chi connectivity index (χ1n) is 5.68. The van der Waals surface area contributed by atoms with Crippen LogP contribution in [0.3, 0.4) is 0 Å². The molecule has 2 aromatic rings. The van der Waals surface area contributed by atoms with E-state index in [4.69, 9.17) is 16.3 Å². The van der Waals surface area contributed by atoms with Crippen molar-refractivity contribution in [3.63, 3.8) is 0 Å². The molecule has 0 N–H and O–H groups in total. The number of benzene rings is 1. The van der Waals surface area contributed by atoms with Gasteiger partial charge in [-0.15, -0.1) is 0 Å². The first-order valence-corrected chi connectivity index (χ1v) is 6.94. The second-order valence-corrected chi connectivity index (χ2v) is 5.34. The minimum atomic E-state index is 0.127. The van der Waals surface area contributed by atoms with Crippen LogP contribution in [0, 0.1) is 0 Å². The molecule has 1 atom stereocenters. The van der Waals surface area contributed by atoms with E-state index in [0.29, 0.717) is 10.3 Å². The Bertz CT molecular complexity index is 526. The molecule has 0 fully saturated rings. The molecule has 1 aromatic heterocycles. The van der Waals surface area contributed by atoms with Gasteiger partial charge in [0.25, 0.3) is 5.19 Å². The van der Waals surface area contributed by atoms with Crippen molar-refractivity contribution in [2.24, 2.45) is 0 Å². The van der Waals surface area contributed by atoms with E-state index in [0.717, 1.165) is 12.8 Å². The molecule has 88 valence electrons. The van der Waals surface area contributed by atoms with Crippen LogP contribution < -0.4 is 4.74 Å². The smallest absolute Gasteiger partial charge is 0.275 e. The Kier molecular flexibility index (Phi) is 3.04. The summed E-state index contributed by atoms with van der Waals surface area (Å²) in [6.07, 6.45) is 3.49. The first-order chi connectivity index (χ1) is 8.33. The van der Waals surface area contributed by atoms with Gasteiger partial charge in [-0.1, -0.05) is 47.2 Å². The molecular formula is C13H12ClNOS. The molecule has 1 aliphatic rings. The van der Waals surface area contributed by atoms with Crippen LogP contribution in [-0.2, 0) is 6.42 Å². The number of aryl methyl sites for hydroxylation is 1. The molecule has 1 unspecified atom stereocenters. The molecule has 1 aromatic carbocycles. The van der Waals surface area contributed by atoms with Crippen molar-refractivity contribution in [1.29, 1.82) is 0 Å². The van der Waals surface area contributed by atoms with Crippen molar-refractivity contribution in [3.8, 4) is 5.19 Å². The summed E-state index contributed by atoms with van der Waals surface area (Å²) in [7, 11) is 0. The Hall–Kier alpha value is -1.06.